The van der Waals surface area contributed by atoms with Crippen molar-refractivity contribution >= 4 is 0 Å². The normalized spacial score (nSPS) is 16.9. The van der Waals surface area contributed by atoms with E-state index >= 15 is 0 Å². The second kappa shape index (κ2) is 8.67. The molecule has 0 aromatic heterocycles. The lowest BCUT2D eigenvalue weighted by Gasteiger charge is -2.25. The van der Waals surface area contributed by atoms with Gasteiger partial charge in [-0.25, -0.2) is 0 Å². The SMILES string of the molecule is CCN(CCCC1(C)OCCO1)CCc1cc(OC)ccc1C. The first-order valence-corrected chi connectivity index (χ1v) is 8.70. The Morgan fingerprint density at radius 3 is 2.61 bits per heavy atom. The molecular weight excluding hydrogens is 290 g/mol. The van der Waals surface area contributed by atoms with Gasteiger partial charge in [0.05, 0.1) is 20.3 Å². The van der Waals surface area contributed by atoms with Crippen LogP contribution in [0.25, 0.3) is 0 Å². The van der Waals surface area contributed by atoms with Gasteiger partial charge in [0.2, 0.25) is 0 Å². The lowest BCUT2D eigenvalue weighted by atomic mass is 10.0. The van der Waals surface area contributed by atoms with Crippen molar-refractivity contribution in [2.45, 2.75) is 45.8 Å². The largest absolute Gasteiger partial charge is 0.497 e. The van der Waals surface area contributed by atoms with Crippen LogP contribution in [-0.2, 0) is 15.9 Å². The predicted octanol–water partition coefficient (Wildman–Crippen LogP) is 3.41. The van der Waals surface area contributed by atoms with Crippen LogP contribution in [0.1, 0.15) is 37.8 Å². The van der Waals surface area contributed by atoms with Crippen molar-refractivity contribution in [1.29, 1.82) is 0 Å². The van der Waals surface area contributed by atoms with E-state index in [1.165, 1.54) is 11.1 Å². The van der Waals surface area contributed by atoms with Gasteiger partial charge in [-0.15, -0.1) is 0 Å². The molecule has 1 aliphatic rings. The first-order valence-electron chi connectivity index (χ1n) is 8.70. The van der Waals surface area contributed by atoms with Crippen LogP contribution in [0.15, 0.2) is 18.2 Å². The van der Waals surface area contributed by atoms with Crippen LogP contribution in [0.5, 0.6) is 5.75 Å². The average molecular weight is 321 g/mol. The van der Waals surface area contributed by atoms with Crippen molar-refractivity contribution in [2.24, 2.45) is 0 Å². The molecule has 0 unspecified atom stereocenters. The lowest BCUT2D eigenvalue weighted by Crippen LogP contribution is -2.31. The fourth-order valence-corrected chi connectivity index (χ4v) is 3.08. The Morgan fingerprint density at radius 1 is 1.22 bits per heavy atom. The Labute approximate surface area is 140 Å². The van der Waals surface area contributed by atoms with E-state index in [9.17, 15) is 0 Å². The molecule has 0 spiro atoms. The summed E-state index contributed by atoms with van der Waals surface area (Å²) in [5, 5.41) is 0. The van der Waals surface area contributed by atoms with Crippen LogP contribution >= 0.6 is 0 Å². The monoisotopic (exact) mass is 321 g/mol. The number of rotatable bonds is 9. The third-order valence-corrected chi connectivity index (χ3v) is 4.70. The minimum atomic E-state index is -0.358. The zero-order chi connectivity index (χ0) is 16.7. The molecule has 0 radical (unpaired) electrons. The quantitative estimate of drug-likeness (QED) is 0.697. The summed E-state index contributed by atoms with van der Waals surface area (Å²) in [6.45, 7) is 11.1. The van der Waals surface area contributed by atoms with E-state index in [0.717, 1.165) is 57.9 Å². The van der Waals surface area contributed by atoms with Crippen molar-refractivity contribution in [2.75, 3.05) is 40.0 Å². The maximum absolute atomic E-state index is 5.67. The first-order chi connectivity index (χ1) is 11.1. The fourth-order valence-electron chi connectivity index (χ4n) is 3.08. The summed E-state index contributed by atoms with van der Waals surface area (Å²) < 4.78 is 16.7. The minimum absolute atomic E-state index is 0.358. The molecule has 0 atom stereocenters. The Kier molecular flexibility index (Phi) is 6.88. The Hall–Kier alpha value is -1.10. The van der Waals surface area contributed by atoms with Gasteiger partial charge in [-0.3, -0.25) is 0 Å². The molecule has 1 aliphatic heterocycles. The number of ether oxygens (including phenoxy) is 3. The van der Waals surface area contributed by atoms with E-state index in [4.69, 9.17) is 14.2 Å². The van der Waals surface area contributed by atoms with E-state index in [1.807, 2.05) is 6.07 Å². The standard InChI is InChI=1S/C19H31NO3/c1-5-20(11-6-10-19(3)22-13-14-23-19)12-9-17-15-18(21-4)8-7-16(17)2/h7-8,15H,5-6,9-14H2,1-4H3. The molecule has 1 aromatic carbocycles. The molecule has 2 rings (SSSR count). The molecule has 23 heavy (non-hydrogen) atoms. The number of hydrogen-bond donors (Lipinski definition) is 0. The van der Waals surface area contributed by atoms with Gasteiger partial charge in [0, 0.05) is 13.0 Å². The highest BCUT2D eigenvalue weighted by Crippen LogP contribution is 2.24. The smallest absolute Gasteiger partial charge is 0.165 e. The maximum Gasteiger partial charge on any atom is 0.165 e. The summed E-state index contributed by atoms with van der Waals surface area (Å²) >= 11 is 0. The Balaban J connectivity index is 1.78. The molecule has 0 bridgehead atoms. The summed E-state index contributed by atoms with van der Waals surface area (Å²) in [6, 6.07) is 6.32. The number of hydrogen-bond acceptors (Lipinski definition) is 4. The Morgan fingerprint density at radius 2 is 1.96 bits per heavy atom. The molecule has 1 saturated heterocycles. The Bertz CT molecular complexity index is 484. The van der Waals surface area contributed by atoms with E-state index in [1.54, 1.807) is 7.11 Å². The van der Waals surface area contributed by atoms with E-state index in [-0.39, 0.29) is 5.79 Å². The van der Waals surface area contributed by atoms with Crippen LogP contribution in [-0.4, -0.2) is 50.6 Å². The molecule has 1 aromatic rings. The highest BCUT2D eigenvalue weighted by molar-refractivity contribution is 5.35. The summed E-state index contributed by atoms with van der Waals surface area (Å²) in [4.78, 5) is 2.50. The number of methoxy groups -OCH3 is 1. The lowest BCUT2D eigenvalue weighted by molar-refractivity contribution is -0.147. The van der Waals surface area contributed by atoms with Crippen molar-refractivity contribution in [3.8, 4) is 5.75 Å². The number of benzene rings is 1. The zero-order valence-electron chi connectivity index (χ0n) is 15.1. The molecular formula is C19H31NO3. The van der Waals surface area contributed by atoms with Gasteiger partial charge in [-0.1, -0.05) is 13.0 Å². The summed E-state index contributed by atoms with van der Waals surface area (Å²) in [5.41, 5.74) is 2.71. The maximum atomic E-state index is 5.67. The average Bonchev–Trinajstić information content (AvgIpc) is 2.99. The summed E-state index contributed by atoms with van der Waals surface area (Å²) in [6.07, 6.45) is 3.12. The molecule has 0 amide bonds. The van der Waals surface area contributed by atoms with Gasteiger partial charge in [0.1, 0.15) is 5.75 Å². The molecule has 1 fully saturated rings. The van der Waals surface area contributed by atoms with E-state index < -0.39 is 0 Å². The molecule has 0 aliphatic carbocycles. The first kappa shape index (κ1) is 18.2. The highest BCUT2D eigenvalue weighted by atomic mass is 16.7. The molecule has 130 valence electrons. The van der Waals surface area contributed by atoms with E-state index in [0.29, 0.717) is 0 Å². The molecule has 4 heteroatoms. The summed E-state index contributed by atoms with van der Waals surface area (Å²) in [5.74, 6) is 0.583. The second-order valence-electron chi connectivity index (χ2n) is 6.41. The van der Waals surface area contributed by atoms with Gasteiger partial charge in [-0.05, 0) is 63.0 Å². The highest BCUT2D eigenvalue weighted by Gasteiger charge is 2.30. The van der Waals surface area contributed by atoms with Gasteiger partial charge in [0.25, 0.3) is 0 Å². The van der Waals surface area contributed by atoms with Crippen molar-refractivity contribution in [1.82, 2.24) is 4.90 Å². The van der Waals surface area contributed by atoms with Crippen LogP contribution < -0.4 is 4.74 Å². The second-order valence-corrected chi connectivity index (χ2v) is 6.41. The van der Waals surface area contributed by atoms with Crippen molar-refractivity contribution in [3.05, 3.63) is 29.3 Å². The van der Waals surface area contributed by atoms with Gasteiger partial charge >= 0.3 is 0 Å². The van der Waals surface area contributed by atoms with E-state index in [2.05, 4.69) is 37.8 Å². The molecule has 4 nitrogen and oxygen atoms in total. The molecule has 0 saturated carbocycles. The number of aryl methyl sites for hydroxylation is 1. The topological polar surface area (TPSA) is 30.9 Å². The summed E-state index contributed by atoms with van der Waals surface area (Å²) in [7, 11) is 1.72. The predicted molar refractivity (Wildman–Crippen MR) is 93.1 cm³/mol. The number of nitrogens with zero attached hydrogens (tertiary/aromatic N) is 1. The number of likely N-dealkylation sites (N-methyl/N-ethyl adjacent to an activating group) is 1. The third-order valence-electron chi connectivity index (χ3n) is 4.70. The van der Waals surface area contributed by atoms with Crippen molar-refractivity contribution in [3.63, 3.8) is 0 Å². The van der Waals surface area contributed by atoms with Crippen LogP contribution in [0.4, 0.5) is 0 Å². The van der Waals surface area contributed by atoms with Gasteiger partial charge in [0.15, 0.2) is 5.79 Å². The van der Waals surface area contributed by atoms with Crippen LogP contribution in [0, 0.1) is 6.92 Å². The third kappa shape index (κ3) is 5.48. The molecule has 1 heterocycles. The molecule has 0 N–H and O–H groups in total. The fraction of sp³-hybridized carbons (Fsp3) is 0.684. The van der Waals surface area contributed by atoms with Crippen molar-refractivity contribution < 1.29 is 14.2 Å². The minimum Gasteiger partial charge on any atom is -0.497 e. The zero-order valence-corrected chi connectivity index (χ0v) is 15.1. The van der Waals surface area contributed by atoms with Gasteiger partial charge in [-0.2, -0.15) is 0 Å². The van der Waals surface area contributed by atoms with Crippen LogP contribution in [0.2, 0.25) is 0 Å². The van der Waals surface area contributed by atoms with Gasteiger partial charge < -0.3 is 19.1 Å². The van der Waals surface area contributed by atoms with Crippen LogP contribution in [0.3, 0.4) is 0 Å².